The van der Waals surface area contributed by atoms with Crippen molar-refractivity contribution in [1.29, 1.82) is 0 Å². The first-order valence-corrected chi connectivity index (χ1v) is 12.3. The molecule has 0 radical (unpaired) electrons. The van der Waals surface area contributed by atoms with Gasteiger partial charge in [-0.25, -0.2) is 4.79 Å². The summed E-state index contributed by atoms with van der Waals surface area (Å²) in [6, 6.07) is 8.72. The van der Waals surface area contributed by atoms with E-state index in [2.05, 4.69) is 4.98 Å². The smallest absolute Gasteiger partial charge is 0.416 e. The van der Waals surface area contributed by atoms with Crippen LogP contribution in [0.2, 0.25) is 5.02 Å². The number of benzene rings is 2. The van der Waals surface area contributed by atoms with Crippen LogP contribution in [-0.2, 0) is 23.6 Å². The number of aromatic nitrogens is 1. The first-order chi connectivity index (χ1) is 18.7. The van der Waals surface area contributed by atoms with E-state index < -0.39 is 47.3 Å². The Balaban J connectivity index is 1.75. The number of amides is 1. The van der Waals surface area contributed by atoms with E-state index in [4.69, 9.17) is 21.1 Å². The number of allylic oxidation sites excluding steroid dienone is 1. The Morgan fingerprint density at radius 2 is 1.65 bits per heavy atom. The fourth-order valence-corrected chi connectivity index (χ4v) is 4.67. The molecule has 12 heteroatoms. The number of nitrogens with zero attached hydrogens (tertiary/aromatic N) is 2. The zero-order valence-corrected chi connectivity index (χ0v) is 22.2. The van der Waals surface area contributed by atoms with Gasteiger partial charge in [-0.2, -0.15) is 26.3 Å². The van der Waals surface area contributed by atoms with Gasteiger partial charge in [-0.15, -0.1) is 0 Å². The Morgan fingerprint density at radius 1 is 1.00 bits per heavy atom. The van der Waals surface area contributed by atoms with Crippen molar-refractivity contribution in [2.45, 2.75) is 44.9 Å². The SMILES string of the molecule is C/C=C/c1ccc(-c2cc(OC)ccc2Cl)c(CN2C(=O)O[C@H](c3cc(C(F)(F)F)cc(C(F)(F)F)c3)[C@@H]2C)n1. The van der Waals surface area contributed by atoms with Crippen LogP contribution in [0.25, 0.3) is 17.2 Å². The Hall–Kier alpha value is -3.73. The van der Waals surface area contributed by atoms with Crippen LogP contribution in [0.15, 0.2) is 54.6 Å². The van der Waals surface area contributed by atoms with E-state index >= 15 is 0 Å². The minimum Gasteiger partial charge on any atom is -0.497 e. The predicted octanol–water partition coefficient (Wildman–Crippen LogP) is 8.56. The lowest BCUT2D eigenvalue weighted by Crippen LogP contribution is -2.32. The Morgan fingerprint density at radius 3 is 2.23 bits per heavy atom. The Bertz CT molecular complexity index is 1420. The highest BCUT2D eigenvalue weighted by molar-refractivity contribution is 6.33. The first-order valence-electron chi connectivity index (χ1n) is 12.0. The summed E-state index contributed by atoms with van der Waals surface area (Å²) < 4.78 is 91.2. The maximum Gasteiger partial charge on any atom is 0.416 e. The monoisotopic (exact) mass is 584 g/mol. The van der Waals surface area contributed by atoms with Crippen LogP contribution in [0.5, 0.6) is 5.75 Å². The number of ether oxygens (including phenoxy) is 2. The van der Waals surface area contributed by atoms with Gasteiger partial charge in [0.15, 0.2) is 0 Å². The van der Waals surface area contributed by atoms with Crippen molar-refractivity contribution < 1.29 is 40.6 Å². The quantitative estimate of drug-likeness (QED) is 0.272. The number of rotatable bonds is 6. The van der Waals surface area contributed by atoms with Crippen molar-refractivity contribution in [1.82, 2.24) is 9.88 Å². The molecule has 4 rings (SSSR count). The van der Waals surface area contributed by atoms with Gasteiger partial charge in [-0.1, -0.05) is 23.7 Å². The summed E-state index contributed by atoms with van der Waals surface area (Å²) in [5.74, 6) is 0.516. The second-order valence-electron chi connectivity index (χ2n) is 9.09. The minimum absolute atomic E-state index is 0.0313. The van der Waals surface area contributed by atoms with Gasteiger partial charge < -0.3 is 9.47 Å². The zero-order valence-electron chi connectivity index (χ0n) is 21.4. The molecule has 1 aliphatic rings. The molecule has 0 aliphatic carbocycles. The van der Waals surface area contributed by atoms with Crippen LogP contribution in [0, 0.1) is 0 Å². The fraction of sp³-hybridized carbons (Fsp3) is 0.286. The molecule has 0 spiro atoms. The molecular formula is C28H23ClF6N2O3. The summed E-state index contributed by atoms with van der Waals surface area (Å²) >= 11 is 6.45. The van der Waals surface area contributed by atoms with E-state index in [1.807, 2.05) is 0 Å². The van der Waals surface area contributed by atoms with Crippen LogP contribution in [-0.4, -0.2) is 29.1 Å². The van der Waals surface area contributed by atoms with Gasteiger partial charge in [-0.05, 0) is 68.0 Å². The Kier molecular flexibility index (Phi) is 8.07. The molecule has 3 aromatic rings. The molecule has 212 valence electrons. The van der Waals surface area contributed by atoms with Gasteiger partial charge in [0.25, 0.3) is 0 Å². The van der Waals surface area contributed by atoms with Crippen molar-refractivity contribution in [3.63, 3.8) is 0 Å². The van der Waals surface area contributed by atoms with Crippen molar-refractivity contribution in [2.24, 2.45) is 0 Å². The van der Waals surface area contributed by atoms with Gasteiger partial charge in [0.2, 0.25) is 0 Å². The Labute approximate surface area is 231 Å². The second kappa shape index (κ2) is 11.0. The van der Waals surface area contributed by atoms with Crippen LogP contribution >= 0.6 is 11.6 Å². The summed E-state index contributed by atoms with van der Waals surface area (Å²) in [5, 5.41) is 0.376. The van der Waals surface area contributed by atoms with Crippen LogP contribution in [0.3, 0.4) is 0 Å². The third-order valence-electron chi connectivity index (χ3n) is 6.45. The number of carbonyl (C=O) groups is 1. The third kappa shape index (κ3) is 6.04. The molecule has 1 amide bonds. The molecule has 1 fully saturated rings. The molecule has 0 N–H and O–H groups in total. The summed E-state index contributed by atoms with van der Waals surface area (Å²) in [5.41, 5.74) is -1.35. The number of carbonyl (C=O) groups excluding carboxylic acids is 1. The summed E-state index contributed by atoms with van der Waals surface area (Å²) in [6.45, 7) is 3.12. The van der Waals surface area contributed by atoms with Crippen molar-refractivity contribution >= 4 is 23.8 Å². The van der Waals surface area contributed by atoms with E-state index in [0.29, 0.717) is 45.4 Å². The average molecular weight is 585 g/mol. The first kappa shape index (κ1) is 29.3. The predicted molar refractivity (Wildman–Crippen MR) is 137 cm³/mol. The second-order valence-corrected chi connectivity index (χ2v) is 9.50. The molecule has 1 aliphatic heterocycles. The molecule has 1 aromatic heterocycles. The number of cyclic esters (lactones) is 1. The molecule has 0 bridgehead atoms. The summed E-state index contributed by atoms with van der Waals surface area (Å²) in [6.07, 6.45) is -8.88. The van der Waals surface area contributed by atoms with E-state index in [0.717, 1.165) is 0 Å². The van der Waals surface area contributed by atoms with Gasteiger partial charge in [0.1, 0.15) is 11.9 Å². The molecule has 5 nitrogen and oxygen atoms in total. The van der Waals surface area contributed by atoms with Gasteiger partial charge >= 0.3 is 18.4 Å². The number of halogens is 7. The van der Waals surface area contributed by atoms with Crippen molar-refractivity contribution in [3.8, 4) is 16.9 Å². The molecule has 2 aromatic carbocycles. The maximum absolute atomic E-state index is 13.4. The van der Waals surface area contributed by atoms with E-state index in [1.165, 1.54) is 18.9 Å². The number of pyridine rings is 1. The summed E-state index contributed by atoms with van der Waals surface area (Å²) in [7, 11) is 1.49. The zero-order chi connectivity index (χ0) is 29.4. The number of hydrogen-bond donors (Lipinski definition) is 0. The van der Waals surface area contributed by atoms with Crippen molar-refractivity contribution in [2.75, 3.05) is 7.11 Å². The van der Waals surface area contributed by atoms with Gasteiger partial charge in [-0.3, -0.25) is 9.88 Å². The highest BCUT2D eigenvalue weighted by atomic mass is 35.5. The molecule has 1 saturated heterocycles. The van der Waals surface area contributed by atoms with Gasteiger partial charge in [0, 0.05) is 16.1 Å². The molecule has 2 atom stereocenters. The van der Waals surface area contributed by atoms with Crippen LogP contribution in [0.1, 0.15) is 48.0 Å². The minimum atomic E-state index is -5.04. The molecule has 0 unspecified atom stereocenters. The largest absolute Gasteiger partial charge is 0.497 e. The van der Waals surface area contributed by atoms with Gasteiger partial charge in [0.05, 0.1) is 42.2 Å². The van der Waals surface area contributed by atoms with Crippen molar-refractivity contribution in [3.05, 3.63) is 87.7 Å². The molecule has 2 heterocycles. The van der Waals surface area contributed by atoms with Crippen LogP contribution in [0.4, 0.5) is 31.1 Å². The molecule has 40 heavy (non-hydrogen) atoms. The topological polar surface area (TPSA) is 51.7 Å². The number of hydrogen-bond acceptors (Lipinski definition) is 4. The van der Waals surface area contributed by atoms with E-state index in [1.54, 1.807) is 49.4 Å². The highest BCUT2D eigenvalue weighted by Gasteiger charge is 2.43. The highest BCUT2D eigenvalue weighted by Crippen LogP contribution is 2.42. The lowest BCUT2D eigenvalue weighted by atomic mass is 9.97. The fourth-order valence-electron chi connectivity index (χ4n) is 4.45. The number of alkyl halides is 6. The molecular weight excluding hydrogens is 562 g/mol. The lowest BCUT2D eigenvalue weighted by molar-refractivity contribution is -0.143. The normalized spacial score (nSPS) is 17.9. The number of methoxy groups -OCH3 is 1. The standard InChI is InChI=1S/C28H23ClF6N2O3/c1-4-5-19-6-8-21(22-13-20(39-3)7-9-23(22)29)24(36-19)14-37-15(2)25(40-26(37)38)16-10-17(27(30,31)32)12-18(11-16)28(33,34)35/h4-13,15,25H,14H2,1-3H3/b5-4+/t15-,25-/m0/s1. The van der Waals surface area contributed by atoms with E-state index in [-0.39, 0.29) is 12.6 Å². The summed E-state index contributed by atoms with van der Waals surface area (Å²) in [4.78, 5) is 18.8. The lowest BCUT2D eigenvalue weighted by Gasteiger charge is -2.23. The van der Waals surface area contributed by atoms with E-state index in [9.17, 15) is 31.1 Å². The maximum atomic E-state index is 13.4. The molecule has 0 saturated carbocycles. The average Bonchev–Trinajstić information content (AvgIpc) is 3.17. The third-order valence-corrected chi connectivity index (χ3v) is 6.78. The van der Waals surface area contributed by atoms with Crippen LogP contribution < -0.4 is 4.74 Å².